The molecule has 0 saturated heterocycles. The third-order valence-electron chi connectivity index (χ3n) is 1.54. The number of aliphatic hydroxyl groups excluding tert-OH is 1. The van der Waals surface area contributed by atoms with E-state index < -0.39 is 0 Å². The maximum Gasteiger partial charge on any atom is 0.198 e. The van der Waals surface area contributed by atoms with E-state index in [4.69, 9.17) is 26.2 Å². The molecule has 0 amide bonds. The molecule has 1 N–H and O–H groups in total. The van der Waals surface area contributed by atoms with E-state index >= 15 is 0 Å². The Morgan fingerprint density at radius 3 is 2.62 bits per heavy atom. The Morgan fingerprint density at radius 1 is 1.46 bits per heavy atom. The van der Waals surface area contributed by atoms with Crippen molar-refractivity contribution in [2.45, 2.75) is 6.61 Å². The van der Waals surface area contributed by atoms with E-state index in [9.17, 15) is 0 Å². The van der Waals surface area contributed by atoms with Crippen LogP contribution in [0, 0.1) is 0 Å². The number of hydrogen-bond acceptors (Lipinski definition) is 4. The van der Waals surface area contributed by atoms with Gasteiger partial charge in [-0.3, -0.25) is 0 Å². The van der Waals surface area contributed by atoms with Crippen LogP contribution in [0.3, 0.4) is 0 Å². The van der Waals surface area contributed by atoms with Gasteiger partial charge >= 0.3 is 0 Å². The molecule has 0 aliphatic carbocycles. The molecule has 0 saturated carbocycles. The minimum absolute atomic E-state index is 0.180. The van der Waals surface area contributed by atoms with Crippen molar-refractivity contribution in [2.75, 3.05) is 14.2 Å². The topological polar surface area (TPSA) is 51.6 Å². The Morgan fingerprint density at radius 2 is 2.15 bits per heavy atom. The van der Waals surface area contributed by atoms with Gasteiger partial charge in [-0.2, -0.15) is 0 Å². The number of methoxy groups -OCH3 is 2. The highest BCUT2D eigenvalue weighted by atomic mass is 35.5. The molecule has 0 radical (unpaired) electrons. The van der Waals surface area contributed by atoms with Crippen molar-refractivity contribution in [3.8, 4) is 11.5 Å². The van der Waals surface area contributed by atoms with Crippen molar-refractivity contribution >= 4 is 11.6 Å². The van der Waals surface area contributed by atoms with Crippen molar-refractivity contribution in [1.82, 2.24) is 4.98 Å². The number of hydrogen-bond donors (Lipinski definition) is 1. The van der Waals surface area contributed by atoms with Crippen LogP contribution in [0.15, 0.2) is 6.07 Å². The highest BCUT2D eigenvalue weighted by Crippen LogP contribution is 2.33. The summed E-state index contributed by atoms with van der Waals surface area (Å²) in [4.78, 5) is 3.88. The van der Waals surface area contributed by atoms with Crippen molar-refractivity contribution in [3.05, 3.63) is 16.9 Å². The molecule has 0 spiro atoms. The first-order valence-electron chi connectivity index (χ1n) is 3.61. The Kier molecular flexibility index (Phi) is 3.33. The summed E-state index contributed by atoms with van der Waals surface area (Å²) < 4.78 is 9.96. The molecule has 0 bridgehead atoms. The number of nitrogens with zero attached hydrogens (tertiary/aromatic N) is 1. The minimum Gasteiger partial charge on any atom is -0.493 e. The van der Waals surface area contributed by atoms with Gasteiger partial charge in [-0.25, -0.2) is 4.98 Å². The maximum absolute atomic E-state index is 8.83. The zero-order valence-corrected chi connectivity index (χ0v) is 8.13. The average molecular weight is 204 g/mol. The van der Waals surface area contributed by atoms with Crippen molar-refractivity contribution < 1.29 is 14.6 Å². The van der Waals surface area contributed by atoms with Crippen molar-refractivity contribution in [1.29, 1.82) is 0 Å². The van der Waals surface area contributed by atoms with E-state index in [1.807, 2.05) is 0 Å². The summed E-state index contributed by atoms with van der Waals surface area (Å²) in [7, 11) is 2.97. The Labute approximate surface area is 81.1 Å². The van der Waals surface area contributed by atoms with Gasteiger partial charge in [0.05, 0.1) is 26.5 Å². The summed E-state index contributed by atoms with van der Waals surface area (Å²) in [6, 6.07) is 1.57. The largest absolute Gasteiger partial charge is 0.493 e. The number of ether oxygens (including phenoxy) is 2. The molecule has 0 aromatic carbocycles. The van der Waals surface area contributed by atoms with Gasteiger partial charge in [-0.15, -0.1) is 0 Å². The lowest BCUT2D eigenvalue weighted by atomic mass is 10.3. The average Bonchev–Trinajstić information content (AvgIpc) is 2.16. The van der Waals surface area contributed by atoms with Crippen LogP contribution >= 0.6 is 11.6 Å². The van der Waals surface area contributed by atoms with Gasteiger partial charge in [0.1, 0.15) is 0 Å². The number of pyridine rings is 1. The summed E-state index contributed by atoms with van der Waals surface area (Å²) in [5.41, 5.74) is 0.447. The molecule has 1 aromatic rings. The lowest BCUT2D eigenvalue weighted by molar-refractivity contribution is 0.274. The fourth-order valence-electron chi connectivity index (χ4n) is 0.945. The second kappa shape index (κ2) is 4.30. The molecular weight excluding hydrogens is 194 g/mol. The molecule has 72 valence electrons. The lowest BCUT2D eigenvalue weighted by Crippen LogP contribution is -1.97. The summed E-state index contributed by atoms with van der Waals surface area (Å²) in [6.45, 7) is -0.180. The molecule has 0 unspecified atom stereocenters. The van der Waals surface area contributed by atoms with Gasteiger partial charge in [0, 0.05) is 6.07 Å². The van der Waals surface area contributed by atoms with Crippen LogP contribution in [0.2, 0.25) is 5.15 Å². The van der Waals surface area contributed by atoms with E-state index in [0.29, 0.717) is 17.2 Å². The highest BCUT2D eigenvalue weighted by molar-refractivity contribution is 6.31. The maximum atomic E-state index is 8.83. The van der Waals surface area contributed by atoms with Crippen LogP contribution < -0.4 is 9.47 Å². The monoisotopic (exact) mass is 203 g/mol. The fourth-order valence-corrected chi connectivity index (χ4v) is 1.22. The predicted molar refractivity (Wildman–Crippen MR) is 48.3 cm³/mol. The zero-order valence-electron chi connectivity index (χ0n) is 7.37. The summed E-state index contributed by atoms with van der Waals surface area (Å²) in [5.74, 6) is 0.841. The third-order valence-corrected chi connectivity index (χ3v) is 1.79. The van der Waals surface area contributed by atoms with Gasteiger partial charge in [0.2, 0.25) is 0 Å². The normalized spacial score (nSPS) is 9.85. The van der Waals surface area contributed by atoms with E-state index in [1.165, 1.54) is 14.2 Å². The number of halogens is 1. The summed E-state index contributed by atoms with van der Waals surface area (Å²) >= 11 is 5.76. The molecule has 1 rings (SSSR count). The first-order valence-corrected chi connectivity index (χ1v) is 3.99. The van der Waals surface area contributed by atoms with Crippen LogP contribution in [0.1, 0.15) is 5.69 Å². The van der Waals surface area contributed by atoms with Crippen LogP contribution in [0.5, 0.6) is 11.5 Å². The van der Waals surface area contributed by atoms with Crippen LogP contribution in [-0.4, -0.2) is 24.3 Å². The number of aliphatic hydroxyl groups is 1. The first kappa shape index (κ1) is 10.1. The van der Waals surface area contributed by atoms with Crippen LogP contribution in [-0.2, 0) is 6.61 Å². The number of aromatic nitrogens is 1. The van der Waals surface area contributed by atoms with Crippen LogP contribution in [0.25, 0.3) is 0 Å². The van der Waals surface area contributed by atoms with E-state index in [2.05, 4.69) is 4.98 Å². The SMILES string of the molecule is COc1cc(CO)nc(Cl)c1OC. The molecule has 0 atom stereocenters. The second-order valence-electron chi connectivity index (χ2n) is 2.30. The van der Waals surface area contributed by atoms with Gasteiger partial charge in [0.25, 0.3) is 0 Å². The highest BCUT2D eigenvalue weighted by Gasteiger charge is 2.11. The standard InChI is InChI=1S/C8H10ClNO3/c1-12-6-3-5(4-11)10-8(9)7(6)13-2/h3,11H,4H2,1-2H3. The molecule has 1 aromatic heterocycles. The van der Waals surface area contributed by atoms with Crippen LogP contribution in [0.4, 0.5) is 0 Å². The Bertz CT molecular complexity index is 304. The molecule has 1 heterocycles. The number of rotatable bonds is 3. The first-order chi connectivity index (χ1) is 6.22. The lowest BCUT2D eigenvalue weighted by Gasteiger charge is -2.09. The van der Waals surface area contributed by atoms with Crippen molar-refractivity contribution in [2.24, 2.45) is 0 Å². The van der Waals surface area contributed by atoms with E-state index in [0.717, 1.165) is 0 Å². The molecule has 0 aliphatic heterocycles. The quantitative estimate of drug-likeness (QED) is 0.752. The van der Waals surface area contributed by atoms with Gasteiger partial charge in [-0.05, 0) is 0 Å². The molecule has 5 heteroatoms. The predicted octanol–water partition coefficient (Wildman–Crippen LogP) is 1.24. The van der Waals surface area contributed by atoms with Gasteiger partial charge < -0.3 is 14.6 Å². The molecule has 0 aliphatic rings. The minimum atomic E-state index is -0.180. The Balaban J connectivity index is 3.20. The molecular formula is C8H10ClNO3. The van der Waals surface area contributed by atoms with Crippen molar-refractivity contribution in [3.63, 3.8) is 0 Å². The van der Waals surface area contributed by atoms with Gasteiger partial charge in [-0.1, -0.05) is 11.6 Å². The second-order valence-corrected chi connectivity index (χ2v) is 2.66. The summed E-state index contributed by atoms with van der Waals surface area (Å²) in [6.07, 6.45) is 0. The van der Waals surface area contributed by atoms with E-state index in [-0.39, 0.29) is 11.8 Å². The molecule has 0 fully saturated rings. The fraction of sp³-hybridized carbons (Fsp3) is 0.375. The smallest absolute Gasteiger partial charge is 0.198 e. The molecule has 4 nitrogen and oxygen atoms in total. The Hall–Kier alpha value is -1.00. The zero-order chi connectivity index (χ0) is 9.84. The third kappa shape index (κ3) is 2.02. The molecule has 13 heavy (non-hydrogen) atoms. The summed E-state index contributed by atoms with van der Waals surface area (Å²) in [5, 5.41) is 9.01. The van der Waals surface area contributed by atoms with E-state index in [1.54, 1.807) is 6.07 Å². The van der Waals surface area contributed by atoms with Gasteiger partial charge in [0.15, 0.2) is 16.7 Å².